The molecule has 4 nitrogen and oxygen atoms in total. The molecule has 0 radical (unpaired) electrons. The third-order valence-corrected chi connectivity index (χ3v) is 5.65. The molecule has 118 valence electrons. The van der Waals surface area contributed by atoms with Gasteiger partial charge in [-0.2, -0.15) is 0 Å². The number of rotatable bonds is 2. The third kappa shape index (κ3) is 2.36. The van der Waals surface area contributed by atoms with E-state index in [0.29, 0.717) is 6.04 Å². The van der Waals surface area contributed by atoms with E-state index < -0.39 is 0 Å². The fourth-order valence-electron chi connectivity index (χ4n) is 3.50. The van der Waals surface area contributed by atoms with Crippen molar-refractivity contribution in [3.8, 4) is 0 Å². The van der Waals surface area contributed by atoms with Gasteiger partial charge in [0.1, 0.15) is 5.82 Å². The lowest BCUT2D eigenvalue weighted by atomic mass is 10.2. The molecule has 1 saturated heterocycles. The average molecular weight is 325 g/mol. The Morgan fingerprint density at radius 2 is 2.09 bits per heavy atom. The molecule has 4 rings (SSSR count). The van der Waals surface area contributed by atoms with Gasteiger partial charge in [0.05, 0.1) is 22.0 Å². The van der Waals surface area contributed by atoms with Crippen molar-refractivity contribution in [3.05, 3.63) is 52.0 Å². The van der Waals surface area contributed by atoms with Crippen molar-refractivity contribution < 1.29 is 4.79 Å². The minimum absolute atomic E-state index is 0.169. The van der Waals surface area contributed by atoms with E-state index >= 15 is 0 Å². The van der Waals surface area contributed by atoms with E-state index in [-0.39, 0.29) is 5.91 Å². The number of thiophene rings is 1. The Labute approximate surface area is 139 Å². The first-order valence-corrected chi connectivity index (χ1v) is 8.80. The molecule has 1 atom stereocenters. The number of hydrogen-bond donors (Lipinski definition) is 0. The summed E-state index contributed by atoms with van der Waals surface area (Å²) in [5.41, 5.74) is 3.27. The van der Waals surface area contributed by atoms with Crippen LogP contribution in [0.1, 0.15) is 33.5 Å². The maximum Gasteiger partial charge on any atom is 0.264 e. The zero-order valence-corrected chi connectivity index (χ0v) is 14.1. The van der Waals surface area contributed by atoms with E-state index in [0.717, 1.165) is 46.8 Å². The summed E-state index contributed by atoms with van der Waals surface area (Å²) < 4.78 is 2.30. The molecule has 1 aliphatic rings. The van der Waals surface area contributed by atoms with Crippen LogP contribution in [-0.2, 0) is 0 Å². The van der Waals surface area contributed by atoms with Gasteiger partial charge in [0.2, 0.25) is 0 Å². The minimum Gasteiger partial charge on any atom is -0.336 e. The molecule has 0 aliphatic carbocycles. The Hall–Kier alpha value is -2.14. The lowest BCUT2D eigenvalue weighted by molar-refractivity contribution is 0.0792. The molecule has 3 aromatic rings. The molecule has 0 N–H and O–H groups in total. The van der Waals surface area contributed by atoms with Crippen LogP contribution in [0.3, 0.4) is 0 Å². The van der Waals surface area contributed by atoms with Gasteiger partial charge in [0.15, 0.2) is 0 Å². The van der Waals surface area contributed by atoms with Crippen LogP contribution in [0.5, 0.6) is 0 Å². The topological polar surface area (TPSA) is 38.1 Å². The van der Waals surface area contributed by atoms with Crippen LogP contribution < -0.4 is 0 Å². The van der Waals surface area contributed by atoms with Gasteiger partial charge < -0.3 is 9.47 Å². The molecule has 1 fully saturated rings. The normalized spacial score (nSPS) is 18.0. The highest BCUT2D eigenvalue weighted by molar-refractivity contribution is 7.12. The van der Waals surface area contributed by atoms with Gasteiger partial charge in [-0.15, -0.1) is 11.3 Å². The van der Waals surface area contributed by atoms with Crippen LogP contribution in [0.4, 0.5) is 0 Å². The van der Waals surface area contributed by atoms with E-state index in [9.17, 15) is 4.79 Å². The molecule has 1 aliphatic heterocycles. The number of para-hydroxylation sites is 2. The summed E-state index contributed by atoms with van der Waals surface area (Å²) in [5, 5.41) is 1.99. The van der Waals surface area contributed by atoms with Crippen molar-refractivity contribution in [1.82, 2.24) is 14.5 Å². The van der Waals surface area contributed by atoms with Gasteiger partial charge in [0.25, 0.3) is 5.91 Å². The van der Waals surface area contributed by atoms with E-state index in [1.165, 1.54) is 11.3 Å². The molecule has 0 saturated carbocycles. The van der Waals surface area contributed by atoms with Crippen molar-refractivity contribution in [3.63, 3.8) is 0 Å². The second kappa shape index (κ2) is 5.49. The van der Waals surface area contributed by atoms with Crippen molar-refractivity contribution in [1.29, 1.82) is 0 Å². The Balaban J connectivity index is 1.62. The lowest BCUT2D eigenvalue weighted by Crippen LogP contribution is -2.29. The van der Waals surface area contributed by atoms with Crippen molar-refractivity contribution in [2.75, 3.05) is 13.1 Å². The first-order valence-electron chi connectivity index (χ1n) is 7.92. The van der Waals surface area contributed by atoms with Gasteiger partial charge in [-0.1, -0.05) is 12.1 Å². The molecular weight excluding hydrogens is 306 g/mol. The molecule has 1 amide bonds. The van der Waals surface area contributed by atoms with Crippen LogP contribution in [0.25, 0.3) is 11.0 Å². The summed E-state index contributed by atoms with van der Waals surface area (Å²) in [7, 11) is 0. The van der Waals surface area contributed by atoms with Crippen molar-refractivity contribution in [2.24, 2.45) is 0 Å². The van der Waals surface area contributed by atoms with E-state index in [1.807, 2.05) is 48.4 Å². The zero-order chi connectivity index (χ0) is 16.0. The highest BCUT2D eigenvalue weighted by Gasteiger charge is 2.30. The fraction of sp³-hybridized carbons (Fsp3) is 0.333. The summed E-state index contributed by atoms with van der Waals surface area (Å²) in [6, 6.07) is 10.6. The minimum atomic E-state index is 0.169. The van der Waals surface area contributed by atoms with Gasteiger partial charge >= 0.3 is 0 Å². The monoisotopic (exact) mass is 325 g/mol. The van der Waals surface area contributed by atoms with Gasteiger partial charge in [0, 0.05) is 13.1 Å². The SMILES string of the molecule is Cc1ccsc1C(=O)N1CC[C@@H](n2c(C)nc3ccccc32)C1. The molecule has 0 bridgehead atoms. The van der Waals surface area contributed by atoms with E-state index in [1.54, 1.807) is 0 Å². The molecule has 0 unspecified atom stereocenters. The summed E-state index contributed by atoms with van der Waals surface area (Å²) in [6.07, 6.45) is 0.983. The third-order valence-electron chi connectivity index (χ3n) is 4.64. The Morgan fingerprint density at radius 1 is 1.26 bits per heavy atom. The second-order valence-corrected chi connectivity index (χ2v) is 7.06. The molecule has 3 heterocycles. The number of amides is 1. The number of likely N-dealkylation sites (tertiary alicyclic amines) is 1. The van der Waals surface area contributed by atoms with Crippen LogP contribution in [0, 0.1) is 13.8 Å². The molecule has 2 aromatic heterocycles. The predicted molar refractivity (Wildman–Crippen MR) is 93.1 cm³/mol. The highest BCUT2D eigenvalue weighted by Crippen LogP contribution is 2.29. The van der Waals surface area contributed by atoms with Gasteiger partial charge in [-0.25, -0.2) is 4.98 Å². The Kier molecular flexibility index (Phi) is 3.45. The maximum absolute atomic E-state index is 12.7. The smallest absolute Gasteiger partial charge is 0.264 e. The number of aryl methyl sites for hydroxylation is 2. The number of benzene rings is 1. The highest BCUT2D eigenvalue weighted by atomic mass is 32.1. The quantitative estimate of drug-likeness (QED) is 0.719. The average Bonchev–Trinajstić information content (AvgIpc) is 3.23. The van der Waals surface area contributed by atoms with Crippen LogP contribution in [-0.4, -0.2) is 33.4 Å². The van der Waals surface area contributed by atoms with Crippen molar-refractivity contribution in [2.45, 2.75) is 26.3 Å². The molecule has 1 aromatic carbocycles. The number of carbonyl (C=O) groups excluding carboxylic acids is 1. The summed E-state index contributed by atoms with van der Waals surface area (Å²) in [4.78, 5) is 20.2. The molecule has 23 heavy (non-hydrogen) atoms. The Morgan fingerprint density at radius 3 is 2.87 bits per heavy atom. The standard InChI is InChI=1S/C18H19N3OS/c1-12-8-10-23-17(12)18(22)20-9-7-14(11-20)21-13(2)19-15-5-3-4-6-16(15)21/h3-6,8,10,14H,7,9,11H2,1-2H3/t14-/m1/s1. The number of aromatic nitrogens is 2. The summed E-state index contributed by atoms with van der Waals surface area (Å²) in [6.45, 7) is 5.63. The first-order chi connectivity index (χ1) is 11.1. The maximum atomic E-state index is 12.7. The van der Waals surface area contributed by atoms with E-state index in [2.05, 4.69) is 15.6 Å². The number of hydrogen-bond acceptors (Lipinski definition) is 3. The molecular formula is C18H19N3OS. The van der Waals surface area contributed by atoms with E-state index in [4.69, 9.17) is 0 Å². The second-order valence-electron chi connectivity index (χ2n) is 6.14. The number of fused-ring (bicyclic) bond motifs is 1. The fourth-order valence-corrected chi connectivity index (χ4v) is 4.39. The number of nitrogens with zero attached hydrogens (tertiary/aromatic N) is 3. The zero-order valence-electron chi connectivity index (χ0n) is 13.3. The van der Waals surface area contributed by atoms with Gasteiger partial charge in [-0.3, -0.25) is 4.79 Å². The van der Waals surface area contributed by atoms with Crippen LogP contribution in [0.2, 0.25) is 0 Å². The number of imidazole rings is 1. The largest absolute Gasteiger partial charge is 0.336 e. The van der Waals surface area contributed by atoms with Crippen molar-refractivity contribution >= 4 is 28.3 Å². The number of carbonyl (C=O) groups is 1. The first kappa shape index (κ1) is 14.5. The summed E-state index contributed by atoms with van der Waals surface area (Å²) in [5.74, 6) is 1.19. The molecule has 0 spiro atoms. The predicted octanol–water partition coefficient (Wildman–Crippen LogP) is 3.80. The summed E-state index contributed by atoms with van der Waals surface area (Å²) >= 11 is 1.54. The van der Waals surface area contributed by atoms with Gasteiger partial charge in [-0.05, 0) is 49.4 Å². The van der Waals surface area contributed by atoms with Crippen LogP contribution in [0.15, 0.2) is 35.7 Å². The Bertz CT molecular complexity index is 879. The van der Waals surface area contributed by atoms with Crippen LogP contribution >= 0.6 is 11.3 Å². The lowest BCUT2D eigenvalue weighted by Gasteiger charge is -2.18. The molecule has 5 heteroatoms.